The summed E-state index contributed by atoms with van der Waals surface area (Å²) in [7, 11) is 8.28. The molecule has 0 amide bonds. The number of benzene rings is 2. The number of hydrogen-bond donors (Lipinski definition) is 0. The SMILES string of the molecule is COc1ccc(CN2C[C@@H](N(C)C)[C@H](c3cn(C)c4ccccc34)C2)cc1. The monoisotopic (exact) mass is 363 g/mol. The number of methoxy groups -OCH3 is 1. The molecule has 1 aromatic heterocycles. The van der Waals surface area contributed by atoms with E-state index in [1.54, 1.807) is 7.11 Å². The molecule has 0 bridgehead atoms. The predicted molar refractivity (Wildman–Crippen MR) is 111 cm³/mol. The maximum absolute atomic E-state index is 5.28. The maximum atomic E-state index is 5.28. The fourth-order valence-corrected chi connectivity index (χ4v) is 4.48. The summed E-state index contributed by atoms with van der Waals surface area (Å²) in [4.78, 5) is 4.97. The molecule has 2 atom stereocenters. The summed E-state index contributed by atoms with van der Waals surface area (Å²) in [5.74, 6) is 1.43. The zero-order valence-corrected chi connectivity index (χ0v) is 16.7. The van der Waals surface area contributed by atoms with Gasteiger partial charge in [0.1, 0.15) is 5.75 Å². The first kappa shape index (κ1) is 18.1. The summed E-state index contributed by atoms with van der Waals surface area (Å²) in [6.07, 6.45) is 2.34. The van der Waals surface area contributed by atoms with Crippen LogP contribution < -0.4 is 4.74 Å². The minimum absolute atomic E-state index is 0.518. The fourth-order valence-electron chi connectivity index (χ4n) is 4.48. The van der Waals surface area contributed by atoms with Crippen molar-refractivity contribution in [1.29, 1.82) is 0 Å². The third-order valence-corrected chi connectivity index (χ3v) is 5.92. The van der Waals surface area contributed by atoms with Crippen LogP contribution in [0.15, 0.2) is 54.7 Å². The Labute approximate surface area is 162 Å². The summed E-state index contributed by atoms with van der Waals surface area (Å²) in [5, 5.41) is 1.39. The lowest BCUT2D eigenvalue weighted by Gasteiger charge is -2.25. The second kappa shape index (κ2) is 7.37. The quantitative estimate of drug-likeness (QED) is 0.689. The summed E-state index contributed by atoms with van der Waals surface area (Å²) in [5.41, 5.74) is 4.13. The van der Waals surface area contributed by atoms with Gasteiger partial charge in [0, 0.05) is 55.7 Å². The van der Waals surface area contributed by atoms with Gasteiger partial charge in [-0.3, -0.25) is 4.90 Å². The van der Waals surface area contributed by atoms with Crippen LogP contribution in [0.25, 0.3) is 10.9 Å². The van der Waals surface area contributed by atoms with E-state index in [-0.39, 0.29) is 0 Å². The highest BCUT2D eigenvalue weighted by Crippen LogP contribution is 2.36. The van der Waals surface area contributed by atoms with Gasteiger partial charge in [0.15, 0.2) is 0 Å². The zero-order valence-electron chi connectivity index (χ0n) is 16.7. The van der Waals surface area contributed by atoms with E-state index in [2.05, 4.69) is 90.2 Å². The van der Waals surface area contributed by atoms with Crippen molar-refractivity contribution in [3.8, 4) is 5.75 Å². The topological polar surface area (TPSA) is 20.6 Å². The summed E-state index contributed by atoms with van der Waals surface area (Å²) in [6, 6.07) is 17.7. The Bertz CT molecular complexity index is 913. The van der Waals surface area contributed by atoms with Gasteiger partial charge in [-0.1, -0.05) is 30.3 Å². The molecule has 2 heterocycles. The molecule has 1 aliphatic heterocycles. The first-order chi connectivity index (χ1) is 13.1. The zero-order chi connectivity index (χ0) is 19.0. The van der Waals surface area contributed by atoms with Gasteiger partial charge in [-0.05, 0) is 43.4 Å². The molecule has 142 valence electrons. The summed E-state index contributed by atoms with van der Waals surface area (Å²) >= 11 is 0. The number of para-hydroxylation sites is 1. The number of rotatable bonds is 5. The molecule has 1 saturated heterocycles. The van der Waals surface area contributed by atoms with Crippen molar-refractivity contribution in [3.05, 3.63) is 65.9 Å². The van der Waals surface area contributed by atoms with Gasteiger partial charge in [0.05, 0.1) is 7.11 Å². The van der Waals surface area contributed by atoms with Gasteiger partial charge in [0.25, 0.3) is 0 Å². The van der Waals surface area contributed by atoms with E-state index in [0.29, 0.717) is 12.0 Å². The molecular formula is C23H29N3O. The van der Waals surface area contributed by atoms with Crippen LogP contribution in [0.1, 0.15) is 17.0 Å². The van der Waals surface area contributed by atoms with Gasteiger partial charge >= 0.3 is 0 Å². The highest BCUT2D eigenvalue weighted by atomic mass is 16.5. The molecule has 0 N–H and O–H groups in total. The molecule has 1 fully saturated rings. The minimum Gasteiger partial charge on any atom is -0.497 e. The lowest BCUT2D eigenvalue weighted by Crippen LogP contribution is -2.34. The molecule has 4 rings (SSSR count). The van der Waals surface area contributed by atoms with Crippen molar-refractivity contribution < 1.29 is 4.74 Å². The second-order valence-corrected chi connectivity index (χ2v) is 7.89. The Morgan fingerprint density at radius 2 is 1.78 bits per heavy atom. The van der Waals surface area contributed by atoms with Crippen LogP contribution in [0, 0.1) is 0 Å². The average molecular weight is 364 g/mol. The molecule has 4 nitrogen and oxygen atoms in total. The minimum atomic E-state index is 0.518. The van der Waals surface area contributed by atoms with E-state index in [1.165, 1.54) is 22.0 Å². The first-order valence-corrected chi connectivity index (χ1v) is 9.62. The fraction of sp³-hybridized carbons (Fsp3) is 0.391. The number of likely N-dealkylation sites (tertiary alicyclic amines) is 1. The Kier molecular flexibility index (Phi) is 4.94. The summed E-state index contributed by atoms with van der Waals surface area (Å²) in [6.45, 7) is 3.16. The number of ether oxygens (including phenoxy) is 1. The van der Waals surface area contributed by atoms with E-state index >= 15 is 0 Å². The van der Waals surface area contributed by atoms with Crippen molar-refractivity contribution in [2.24, 2.45) is 7.05 Å². The molecule has 3 aromatic rings. The maximum Gasteiger partial charge on any atom is 0.118 e. The van der Waals surface area contributed by atoms with Crippen LogP contribution in [0.3, 0.4) is 0 Å². The van der Waals surface area contributed by atoms with Crippen LogP contribution in [0.2, 0.25) is 0 Å². The van der Waals surface area contributed by atoms with E-state index < -0.39 is 0 Å². The highest BCUT2D eigenvalue weighted by molar-refractivity contribution is 5.84. The molecule has 0 saturated carbocycles. The molecule has 0 spiro atoms. The molecule has 0 aliphatic carbocycles. The van der Waals surface area contributed by atoms with Crippen molar-refractivity contribution >= 4 is 10.9 Å². The van der Waals surface area contributed by atoms with Crippen LogP contribution in [0.4, 0.5) is 0 Å². The number of aryl methyl sites for hydroxylation is 1. The van der Waals surface area contributed by atoms with Gasteiger partial charge in [-0.2, -0.15) is 0 Å². The smallest absolute Gasteiger partial charge is 0.118 e. The average Bonchev–Trinajstić information content (AvgIpc) is 3.24. The molecule has 2 aromatic carbocycles. The molecule has 27 heavy (non-hydrogen) atoms. The number of likely N-dealkylation sites (N-methyl/N-ethyl adjacent to an activating group) is 1. The van der Waals surface area contributed by atoms with Crippen LogP contribution in [-0.4, -0.2) is 54.7 Å². The van der Waals surface area contributed by atoms with Crippen molar-refractivity contribution in [2.75, 3.05) is 34.3 Å². The number of nitrogens with zero attached hydrogens (tertiary/aromatic N) is 3. The van der Waals surface area contributed by atoms with Gasteiger partial charge in [-0.15, -0.1) is 0 Å². The lowest BCUT2D eigenvalue weighted by atomic mass is 9.93. The largest absolute Gasteiger partial charge is 0.497 e. The molecular weight excluding hydrogens is 334 g/mol. The predicted octanol–water partition coefficient (Wildman–Crippen LogP) is 3.72. The van der Waals surface area contributed by atoms with Gasteiger partial charge in [0.2, 0.25) is 0 Å². The van der Waals surface area contributed by atoms with Crippen LogP contribution in [-0.2, 0) is 13.6 Å². The van der Waals surface area contributed by atoms with E-state index in [1.807, 2.05) is 0 Å². The van der Waals surface area contributed by atoms with Gasteiger partial charge < -0.3 is 14.2 Å². The Hall–Kier alpha value is -2.30. The van der Waals surface area contributed by atoms with E-state index in [0.717, 1.165) is 25.4 Å². The number of fused-ring (bicyclic) bond motifs is 1. The van der Waals surface area contributed by atoms with E-state index in [4.69, 9.17) is 4.74 Å². The van der Waals surface area contributed by atoms with Crippen molar-refractivity contribution in [2.45, 2.75) is 18.5 Å². The normalized spacial score (nSPS) is 20.6. The van der Waals surface area contributed by atoms with E-state index in [9.17, 15) is 0 Å². The molecule has 1 aliphatic rings. The molecule has 0 unspecified atom stereocenters. The Morgan fingerprint density at radius 1 is 1.04 bits per heavy atom. The highest BCUT2D eigenvalue weighted by Gasteiger charge is 2.36. The second-order valence-electron chi connectivity index (χ2n) is 7.89. The van der Waals surface area contributed by atoms with Crippen molar-refractivity contribution in [3.63, 3.8) is 0 Å². The third-order valence-electron chi connectivity index (χ3n) is 5.92. The van der Waals surface area contributed by atoms with Crippen molar-refractivity contribution in [1.82, 2.24) is 14.4 Å². The lowest BCUT2D eigenvalue weighted by molar-refractivity contribution is 0.260. The number of aromatic nitrogens is 1. The van der Waals surface area contributed by atoms with Crippen LogP contribution in [0.5, 0.6) is 5.75 Å². The van der Waals surface area contributed by atoms with Crippen LogP contribution >= 0.6 is 0 Å². The van der Waals surface area contributed by atoms with Gasteiger partial charge in [-0.25, -0.2) is 0 Å². The Morgan fingerprint density at radius 3 is 2.48 bits per heavy atom. The summed E-state index contributed by atoms with van der Waals surface area (Å²) < 4.78 is 7.55. The first-order valence-electron chi connectivity index (χ1n) is 9.62. The molecule has 4 heteroatoms. The number of hydrogen-bond acceptors (Lipinski definition) is 3. The third kappa shape index (κ3) is 3.47. The molecule has 0 radical (unpaired) electrons. The standard InChI is InChI=1S/C23H29N3O/c1-24(2)23-16-26(13-17-9-11-18(27-4)12-10-17)15-21(23)20-14-25(3)22-8-6-5-7-19(20)22/h5-12,14,21,23H,13,15-16H2,1-4H3/t21-,23+/m0/s1. The Balaban J connectivity index is 1.60.